The number of aromatic hydroxyl groups is 1. The van der Waals surface area contributed by atoms with Crippen molar-refractivity contribution in [1.29, 1.82) is 10.5 Å². The Bertz CT molecular complexity index is 1440. The van der Waals surface area contributed by atoms with Crippen molar-refractivity contribution >= 4 is 34.7 Å². The van der Waals surface area contributed by atoms with Gasteiger partial charge < -0.3 is 10.0 Å². The molecule has 9 nitrogen and oxygen atoms in total. The highest BCUT2D eigenvalue weighted by Crippen LogP contribution is 2.23. The number of hydrazone groups is 1. The fraction of sp³-hybridized carbons (Fsp3) is 0.214. The Morgan fingerprint density at radius 2 is 1.74 bits per heavy atom. The SMILES string of the molecule is Cc1cccc(N=N/C(=N/NC(=O)c2cc(Cl)ccc2O)c2ccc(N(CCC#N)CCC#N)cc2C)c1. The van der Waals surface area contributed by atoms with Gasteiger partial charge in [-0.05, 0) is 73.5 Å². The van der Waals surface area contributed by atoms with E-state index in [1.54, 1.807) is 12.1 Å². The van der Waals surface area contributed by atoms with Crippen molar-refractivity contribution in [2.45, 2.75) is 26.7 Å². The maximum atomic E-state index is 12.7. The second-order valence-electron chi connectivity index (χ2n) is 8.38. The third-order valence-electron chi connectivity index (χ3n) is 5.53. The van der Waals surface area contributed by atoms with Crippen LogP contribution in [0.1, 0.15) is 39.9 Å². The molecule has 0 fully saturated rings. The van der Waals surface area contributed by atoms with Crippen molar-refractivity contribution in [3.05, 3.63) is 87.9 Å². The summed E-state index contributed by atoms with van der Waals surface area (Å²) in [7, 11) is 0. The van der Waals surface area contributed by atoms with Gasteiger partial charge in [0, 0.05) is 29.4 Å². The zero-order valence-electron chi connectivity index (χ0n) is 21.0. The number of phenols is 1. The number of hydrogen-bond acceptors (Lipinski definition) is 7. The van der Waals surface area contributed by atoms with E-state index in [1.165, 1.54) is 18.2 Å². The van der Waals surface area contributed by atoms with Gasteiger partial charge in [0.1, 0.15) is 5.75 Å². The predicted molar refractivity (Wildman–Crippen MR) is 147 cm³/mol. The van der Waals surface area contributed by atoms with Gasteiger partial charge in [-0.15, -0.1) is 15.3 Å². The van der Waals surface area contributed by atoms with E-state index >= 15 is 0 Å². The molecular weight excluding hydrogens is 502 g/mol. The summed E-state index contributed by atoms with van der Waals surface area (Å²) in [5.41, 5.74) is 6.28. The Balaban J connectivity index is 1.98. The zero-order valence-corrected chi connectivity index (χ0v) is 21.8. The van der Waals surface area contributed by atoms with Gasteiger partial charge in [-0.1, -0.05) is 23.7 Å². The van der Waals surface area contributed by atoms with Gasteiger partial charge in [0.2, 0.25) is 5.84 Å². The van der Waals surface area contributed by atoms with Crippen molar-refractivity contribution in [2.24, 2.45) is 15.3 Å². The van der Waals surface area contributed by atoms with E-state index in [0.29, 0.717) is 42.2 Å². The molecule has 10 heteroatoms. The molecule has 3 aromatic rings. The van der Waals surface area contributed by atoms with Crippen LogP contribution < -0.4 is 10.3 Å². The number of amides is 1. The fourth-order valence-electron chi connectivity index (χ4n) is 3.62. The first kappa shape index (κ1) is 27.9. The van der Waals surface area contributed by atoms with Crippen LogP contribution in [-0.2, 0) is 0 Å². The van der Waals surface area contributed by atoms with Crippen molar-refractivity contribution in [1.82, 2.24) is 5.43 Å². The van der Waals surface area contributed by atoms with Gasteiger partial charge in [0.25, 0.3) is 5.91 Å². The number of halogens is 1. The van der Waals surface area contributed by atoms with Crippen molar-refractivity contribution in [3.8, 4) is 17.9 Å². The molecule has 0 aliphatic heterocycles. The maximum Gasteiger partial charge on any atom is 0.275 e. The molecule has 0 aromatic heterocycles. The largest absolute Gasteiger partial charge is 0.507 e. The molecule has 0 spiro atoms. The quantitative estimate of drug-likeness (QED) is 0.148. The van der Waals surface area contributed by atoms with Gasteiger partial charge in [-0.3, -0.25) is 4.79 Å². The van der Waals surface area contributed by atoms with Crippen LogP contribution in [0.15, 0.2) is 76.0 Å². The number of azo groups is 1. The molecule has 0 atom stereocenters. The summed E-state index contributed by atoms with van der Waals surface area (Å²) in [4.78, 5) is 14.7. The highest BCUT2D eigenvalue weighted by atomic mass is 35.5. The van der Waals surface area contributed by atoms with Crippen LogP contribution in [0.3, 0.4) is 0 Å². The second kappa shape index (κ2) is 13.5. The van der Waals surface area contributed by atoms with Crippen LogP contribution in [0.2, 0.25) is 5.02 Å². The molecule has 0 saturated heterocycles. The smallest absolute Gasteiger partial charge is 0.275 e. The fourth-order valence-corrected chi connectivity index (χ4v) is 3.79. The summed E-state index contributed by atoms with van der Waals surface area (Å²) in [6.07, 6.45) is 0.651. The zero-order chi connectivity index (χ0) is 27.5. The van der Waals surface area contributed by atoms with Crippen LogP contribution in [0, 0.1) is 36.5 Å². The molecule has 0 heterocycles. The minimum absolute atomic E-state index is 0.0334. The number of nitrogens with zero attached hydrogens (tertiary/aromatic N) is 6. The third-order valence-corrected chi connectivity index (χ3v) is 5.77. The van der Waals surface area contributed by atoms with Gasteiger partial charge >= 0.3 is 0 Å². The van der Waals surface area contributed by atoms with E-state index in [2.05, 4.69) is 32.9 Å². The van der Waals surface area contributed by atoms with E-state index in [1.807, 2.05) is 49.1 Å². The lowest BCUT2D eigenvalue weighted by molar-refractivity contribution is 0.0952. The summed E-state index contributed by atoms with van der Waals surface area (Å²) in [5, 5.41) is 41.2. The first-order valence-electron chi connectivity index (χ1n) is 11.8. The lowest BCUT2D eigenvalue weighted by Crippen LogP contribution is -2.25. The molecular formula is C28H26ClN7O2. The average molecular weight is 528 g/mol. The Morgan fingerprint density at radius 3 is 2.39 bits per heavy atom. The predicted octanol–water partition coefficient (Wildman–Crippen LogP) is 6.17. The summed E-state index contributed by atoms with van der Waals surface area (Å²) in [6, 6.07) is 21.4. The Labute approximate surface area is 226 Å². The molecule has 192 valence electrons. The monoisotopic (exact) mass is 527 g/mol. The van der Waals surface area contributed by atoms with E-state index < -0.39 is 5.91 Å². The first-order chi connectivity index (χ1) is 18.3. The van der Waals surface area contributed by atoms with Crippen LogP contribution >= 0.6 is 11.6 Å². The summed E-state index contributed by atoms with van der Waals surface area (Å²) < 4.78 is 0. The number of nitrogens with one attached hydrogen (secondary N) is 1. The third kappa shape index (κ3) is 7.63. The van der Waals surface area contributed by atoms with Crippen LogP contribution in [0.25, 0.3) is 0 Å². The van der Waals surface area contributed by atoms with E-state index in [-0.39, 0.29) is 17.1 Å². The van der Waals surface area contributed by atoms with E-state index in [9.17, 15) is 9.90 Å². The van der Waals surface area contributed by atoms with E-state index in [0.717, 1.165) is 16.8 Å². The molecule has 38 heavy (non-hydrogen) atoms. The average Bonchev–Trinajstić information content (AvgIpc) is 2.90. The highest BCUT2D eigenvalue weighted by Gasteiger charge is 2.15. The number of nitriles is 2. The van der Waals surface area contributed by atoms with E-state index in [4.69, 9.17) is 22.1 Å². The van der Waals surface area contributed by atoms with Crippen molar-refractivity contribution < 1.29 is 9.90 Å². The Morgan fingerprint density at radius 1 is 1.00 bits per heavy atom. The minimum Gasteiger partial charge on any atom is -0.507 e. The number of carbonyl (C=O) groups excluding carboxylic acids is 1. The van der Waals surface area contributed by atoms with Crippen LogP contribution in [0.4, 0.5) is 11.4 Å². The van der Waals surface area contributed by atoms with Gasteiger partial charge in [-0.25, -0.2) is 5.43 Å². The molecule has 0 radical (unpaired) electrons. The lowest BCUT2D eigenvalue weighted by atomic mass is 10.1. The number of hydrogen-bond donors (Lipinski definition) is 2. The molecule has 0 unspecified atom stereocenters. The lowest BCUT2D eigenvalue weighted by Gasteiger charge is -2.23. The summed E-state index contributed by atoms with van der Waals surface area (Å²) in [5.74, 6) is -0.756. The molecule has 3 aromatic carbocycles. The number of aryl methyl sites for hydroxylation is 2. The number of amidine groups is 1. The molecule has 0 saturated carbocycles. The molecule has 0 aliphatic carbocycles. The molecule has 1 amide bonds. The Kier molecular flexibility index (Phi) is 9.93. The number of carbonyl (C=O) groups is 1. The maximum absolute atomic E-state index is 12.7. The molecule has 0 aliphatic rings. The molecule has 0 bridgehead atoms. The second-order valence-corrected chi connectivity index (χ2v) is 8.82. The first-order valence-corrected chi connectivity index (χ1v) is 12.1. The highest BCUT2D eigenvalue weighted by molar-refractivity contribution is 6.31. The topological polar surface area (TPSA) is 137 Å². The standard InChI is InChI=1S/C28H26ClN7O2/c1-19-6-3-7-22(16-19)32-33-27(34-35-28(38)25-18-21(29)8-11-26(25)37)24-10-9-23(17-20(24)2)36(14-4-12-30)15-5-13-31/h3,6-11,16-18,37H,4-5,14-15H2,1-2H3,(H,35,38)/b33-32?,34-27+. The van der Waals surface area contributed by atoms with Gasteiger partial charge in [0.05, 0.1) is 36.2 Å². The molecule has 3 rings (SSSR count). The number of anilines is 1. The van der Waals surface area contributed by atoms with Gasteiger partial charge in [-0.2, -0.15) is 10.5 Å². The Hall–Kier alpha value is -4.73. The van der Waals surface area contributed by atoms with Crippen LogP contribution in [0.5, 0.6) is 5.75 Å². The van der Waals surface area contributed by atoms with Gasteiger partial charge in [0.15, 0.2) is 0 Å². The number of benzene rings is 3. The van der Waals surface area contributed by atoms with Crippen LogP contribution in [-0.4, -0.2) is 29.9 Å². The number of phenolic OH excluding ortho intramolecular Hbond substituents is 1. The normalized spacial score (nSPS) is 11.1. The summed E-state index contributed by atoms with van der Waals surface area (Å²) >= 11 is 5.97. The minimum atomic E-state index is -0.665. The number of rotatable bonds is 9. The van der Waals surface area contributed by atoms with Crippen molar-refractivity contribution in [2.75, 3.05) is 18.0 Å². The van der Waals surface area contributed by atoms with Crippen molar-refractivity contribution in [3.63, 3.8) is 0 Å². The molecule has 2 N–H and O–H groups in total. The summed E-state index contributed by atoms with van der Waals surface area (Å²) in [6.45, 7) is 4.79.